The molecule has 0 amide bonds. The minimum atomic E-state index is -3.40. The molecule has 112 valence electrons. The first kappa shape index (κ1) is 15.3. The molecule has 1 aliphatic rings. The predicted molar refractivity (Wildman–Crippen MR) is 81.6 cm³/mol. The molecular weight excluding hydrogens is 274 g/mol. The largest absolute Gasteiger partial charge is 0.370 e. The molecule has 0 unspecified atom stereocenters. The van der Waals surface area contributed by atoms with Crippen molar-refractivity contribution in [2.45, 2.75) is 31.2 Å². The number of anilines is 1. The van der Waals surface area contributed by atoms with Gasteiger partial charge in [0, 0.05) is 31.4 Å². The van der Waals surface area contributed by atoms with Gasteiger partial charge in [-0.15, -0.1) is 0 Å². The van der Waals surface area contributed by atoms with Crippen LogP contribution in [0.1, 0.15) is 20.3 Å². The van der Waals surface area contributed by atoms with E-state index in [0.717, 1.165) is 38.3 Å². The zero-order chi connectivity index (χ0) is 14.6. The average molecular weight is 297 g/mol. The molecule has 0 aromatic heterocycles. The molecule has 6 heteroatoms. The highest BCUT2D eigenvalue weighted by Gasteiger charge is 2.16. The van der Waals surface area contributed by atoms with Crippen LogP contribution in [0.3, 0.4) is 0 Å². The van der Waals surface area contributed by atoms with Crippen LogP contribution in [-0.4, -0.2) is 40.6 Å². The smallest absolute Gasteiger partial charge is 0.240 e. The molecule has 0 radical (unpaired) electrons. The molecule has 0 spiro atoms. The van der Waals surface area contributed by atoms with Crippen LogP contribution < -0.4 is 14.9 Å². The number of sulfonamides is 1. The second-order valence-corrected chi connectivity index (χ2v) is 7.07. The number of nitrogens with one attached hydrogen (secondary N) is 2. The maximum Gasteiger partial charge on any atom is 0.240 e. The van der Waals surface area contributed by atoms with Crippen LogP contribution in [-0.2, 0) is 10.0 Å². The molecule has 1 aliphatic heterocycles. The van der Waals surface area contributed by atoms with E-state index < -0.39 is 10.0 Å². The van der Waals surface area contributed by atoms with Gasteiger partial charge in [0.15, 0.2) is 0 Å². The van der Waals surface area contributed by atoms with Crippen LogP contribution in [0.4, 0.5) is 5.69 Å². The Hall–Kier alpha value is -1.11. The van der Waals surface area contributed by atoms with Gasteiger partial charge in [0.25, 0.3) is 0 Å². The van der Waals surface area contributed by atoms with E-state index in [1.807, 2.05) is 26.0 Å². The maximum absolute atomic E-state index is 12.1. The Labute approximate surface area is 121 Å². The van der Waals surface area contributed by atoms with Gasteiger partial charge in [-0.1, -0.05) is 0 Å². The van der Waals surface area contributed by atoms with Gasteiger partial charge in [0.1, 0.15) is 0 Å². The van der Waals surface area contributed by atoms with Crippen LogP contribution in [0.5, 0.6) is 0 Å². The number of benzene rings is 1. The molecule has 0 aliphatic carbocycles. The standard InChI is InChI=1S/C14H23N3O2S/c1-12(2)16-20(18,19)14-6-4-13(5-7-14)17-10-3-8-15-9-11-17/h4-7,12,15-16H,3,8-11H2,1-2H3. The summed E-state index contributed by atoms with van der Waals surface area (Å²) in [7, 11) is -3.40. The topological polar surface area (TPSA) is 61.4 Å². The van der Waals surface area contributed by atoms with Crippen molar-refractivity contribution in [1.82, 2.24) is 10.0 Å². The van der Waals surface area contributed by atoms with Crippen LogP contribution in [0.15, 0.2) is 29.2 Å². The summed E-state index contributed by atoms with van der Waals surface area (Å²) in [5.41, 5.74) is 1.08. The molecule has 20 heavy (non-hydrogen) atoms. The molecule has 1 aromatic rings. The first-order chi connectivity index (χ1) is 9.49. The van der Waals surface area contributed by atoms with E-state index in [2.05, 4.69) is 14.9 Å². The summed E-state index contributed by atoms with van der Waals surface area (Å²) >= 11 is 0. The average Bonchev–Trinajstić information content (AvgIpc) is 2.66. The lowest BCUT2D eigenvalue weighted by atomic mass is 10.2. The van der Waals surface area contributed by atoms with E-state index in [4.69, 9.17) is 0 Å². The van der Waals surface area contributed by atoms with Crippen LogP contribution in [0, 0.1) is 0 Å². The normalized spacial score (nSPS) is 17.2. The lowest BCUT2D eigenvalue weighted by molar-refractivity contribution is 0.570. The molecule has 1 saturated heterocycles. The Morgan fingerprint density at radius 2 is 1.85 bits per heavy atom. The third kappa shape index (κ3) is 3.94. The van der Waals surface area contributed by atoms with Gasteiger partial charge in [0.05, 0.1) is 4.90 Å². The maximum atomic E-state index is 12.1. The lowest BCUT2D eigenvalue weighted by Gasteiger charge is -2.22. The summed E-state index contributed by atoms with van der Waals surface area (Å²) in [4.78, 5) is 2.61. The highest BCUT2D eigenvalue weighted by Crippen LogP contribution is 2.18. The third-order valence-electron chi connectivity index (χ3n) is 3.24. The van der Waals surface area contributed by atoms with Crippen molar-refractivity contribution in [3.05, 3.63) is 24.3 Å². The molecule has 0 atom stereocenters. The minimum absolute atomic E-state index is 0.101. The highest BCUT2D eigenvalue weighted by atomic mass is 32.2. The highest BCUT2D eigenvalue weighted by molar-refractivity contribution is 7.89. The molecule has 0 bridgehead atoms. The fourth-order valence-corrected chi connectivity index (χ4v) is 3.57. The van der Waals surface area contributed by atoms with Crippen LogP contribution >= 0.6 is 0 Å². The Bertz CT molecular complexity index is 518. The third-order valence-corrected chi connectivity index (χ3v) is 4.92. The second-order valence-electron chi connectivity index (χ2n) is 5.36. The Morgan fingerprint density at radius 3 is 2.50 bits per heavy atom. The van der Waals surface area contributed by atoms with Gasteiger partial charge in [-0.3, -0.25) is 0 Å². The Kier molecular flexibility index (Phi) is 5.01. The van der Waals surface area contributed by atoms with Gasteiger partial charge in [-0.2, -0.15) is 0 Å². The van der Waals surface area contributed by atoms with Gasteiger partial charge in [0.2, 0.25) is 10.0 Å². The molecule has 2 N–H and O–H groups in total. The molecule has 1 aromatic carbocycles. The predicted octanol–water partition coefficient (Wildman–Crippen LogP) is 1.17. The van der Waals surface area contributed by atoms with Crippen molar-refractivity contribution < 1.29 is 8.42 Å². The molecule has 2 rings (SSSR count). The summed E-state index contributed by atoms with van der Waals surface area (Å²) in [6.07, 6.45) is 1.11. The fourth-order valence-electron chi connectivity index (χ4n) is 2.32. The van der Waals surface area contributed by atoms with E-state index in [1.165, 1.54) is 0 Å². The van der Waals surface area contributed by atoms with Gasteiger partial charge < -0.3 is 10.2 Å². The number of nitrogens with zero attached hydrogens (tertiary/aromatic N) is 1. The molecule has 1 heterocycles. The SMILES string of the molecule is CC(C)NS(=O)(=O)c1ccc(N2CCCNCC2)cc1. The van der Waals surface area contributed by atoms with E-state index in [1.54, 1.807) is 12.1 Å². The minimum Gasteiger partial charge on any atom is -0.370 e. The second kappa shape index (κ2) is 6.56. The summed E-state index contributed by atoms with van der Waals surface area (Å²) in [5, 5.41) is 3.36. The first-order valence-corrected chi connectivity index (χ1v) is 8.55. The van der Waals surface area contributed by atoms with E-state index in [9.17, 15) is 8.42 Å². The molecule has 5 nitrogen and oxygen atoms in total. The Morgan fingerprint density at radius 1 is 1.15 bits per heavy atom. The van der Waals surface area contributed by atoms with E-state index >= 15 is 0 Å². The van der Waals surface area contributed by atoms with Crippen LogP contribution in [0.25, 0.3) is 0 Å². The van der Waals surface area contributed by atoms with Gasteiger partial charge in [-0.05, 0) is 51.1 Å². The zero-order valence-electron chi connectivity index (χ0n) is 12.1. The van der Waals surface area contributed by atoms with Crippen molar-refractivity contribution in [3.8, 4) is 0 Å². The van der Waals surface area contributed by atoms with E-state index in [0.29, 0.717) is 4.90 Å². The molecule has 1 fully saturated rings. The van der Waals surface area contributed by atoms with Crippen molar-refractivity contribution in [2.24, 2.45) is 0 Å². The Balaban J connectivity index is 2.13. The summed E-state index contributed by atoms with van der Waals surface area (Å²) in [5.74, 6) is 0. The van der Waals surface area contributed by atoms with E-state index in [-0.39, 0.29) is 6.04 Å². The van der Waals surface area contributed by atoms with Crippen molar-refractivity contribution in [1.29, 1.82) is 0 Å². The fraction of sp³-hybridized carbons (Fsp3) is 0.571. The monoisotopic (exact) mass is 297 g/mol. The summed E-state index contributed by atoms with van der Waals surface area (Å²) in [6, 6.07) is 7.04. The van der Waals surface area contributed by atoms with Crippen molar-refractivity contribution >= 4 is 15.7 Å². The molecule has 0 saturated carbocycles. The number of rotatable bonds is 4. The first-order valence-electron chi connectivity index (χ1n) is 7.07. The number of hydrogen-bond acceptors (Lipinski definition) is 4. The lowest BCUT2D eigenvalue weighted by Crippen LogP contribution is -2.30. The zero-order valence-corrected chi connectivity index (χ0v) is 12.9. The number of hydrogen-bond donors (Lipinski definition) is 2. The van der Waals surface area contributed by atoms with Crippen molar-refractivity contribution in [3.63, 3.8) is 0 Å². The molecular formula is C14H23N3O2S. The summed E-state index contributed by atoms with van der Waals surface area (Å²) < 4.78 is 26.7. The van der Waals surface area contributed by atoms with Crippen LogP contribution in [0.2, 0.25) is 0 Å². The van der Waals surface area contributed by atoms with Gasteiger partial charge >= 0.3 is 0 Å². The van der Waals surface area contributed by atoms with Gasteiger partial charge in [-0.25, -0.2) is 13.1 Å². The summed E-state index contributed by atoms with van der Waals surface area (Å²) in [6.45, 7) is 7.60. The van der Waals surface area contributed by atoms with Crippen molar-refractivity contribution in [2.75, 3.05) is 31.1 Å². The quantitative estimate of drug-likeness (QED) is 0.876.